The number of methoxy groups -OCH3 is 1. The van der Waals surface area contributed by atoms with Crippen molar-refractivity contribution in [3.05, 3.63) is 29.8 Å². The zero-order valence-corrected chi connectivity index (χ0v) is 13.6. The second-order valence-corrected chi connectivity index (χ2v) is 5.38. The Balaban J connectivity index is 2.51. The molecule has 0 aromatic heterocycles. The summed E-state index contributed by atoms with van der Waals surface area (Å²) in [6.45, 7) is 4.99. The summed E-state index contributed by atoms with van der Waals surface area (Å²) >= 11 is 0. The molecule has 1 aromatic rings. The molecular weight excluding hydrogens is 266 g/mol. The van der Waals surface area contributed by atoms with Crippen molar-refractivity contribution in [2.75, 3.05) is 39.3 Å². The molecule has 2 unspecified atom stereocenters. The Bertz CT molecular complexity index is 432. The quantitative estimate of drug-likeness (QED) is 0.714. The third kappa shape index (κ3) is 5.73. The molecule has 118 valence electrons. The van der Waals surface area contributed by atoms with Crippen molar-refractivity contribution in [1.29, 1.82) is 0 Å². The Morgan fingerprint density at radius 1 is 1.24 bits per heavy atom. The molecule has 0 fully saturated rings. The third-order valence-corrected chi connectivity index (χ3v) is 3.41. The van der Waals surface area contributed by atoms with Crippen LogP contribution in [0.15, 0.2) is 24.3 Å². The zero-order chi connectivity index (χ0) is 15.8. The van der Waals surface area contributed by atoms with Gasteiger partial charge < -0.3 is 15.0 Å². The van der Waals surface area contributed by atoms with Gasteiger partial charge in [-0.2, -0.15) is 0 Å². The maximum atomic E-state index is 11.9. The first-order valence-electron chi connectivity index (χ1n) is 7.25. The second kappa shape index (κ2) is 8.64. The van der Waals surface area contributed by atoms with Crippen LogP contribution < -0.4 is 15.5 Å². The van der Waals surface area contributed by atoms with E-state index in [2.05, 4.69) is 46.7 Å². The highest BCUT2D eigenvalue weighted by Crippen LogP contribution is 2.17. The molecule has 1 rings (SSSR count). The predicted molar refractivity (Wildman–Crippen MR) is 86.7 cm³/mol. The number of carbonyl (C=O) groups is 1. The Labute approximate surface area is 127 Å². The lowest BCUT2D eigenvalue weighted by Gasteiger charge is -2.21. The number of amides is 1. The first-order chi connectivity index (χ1) is 9.95. The van der Waals surface area contributed by atoms with Crippen molar-refractivity contribution >= 4 is 11.6 Å². The molecule has 0 heterocycles. The molecule has 0 aliphatic rings. The van der Waals surface area contributed by atoms with Crippen LogP contribution in [0.1, 0.15) is 25.5 Å². The van der Waals surface area contributed by atoms with Gasteiger partial charge in [-0.1, -0.05) is 12.1 Å². The minimum atomic E-state index is -0.245. The summed E-state index contributed by atoms with van der Waals surface area (Å²) in [7, 11) is 5.65. The van der Waals surface area contributed by atoms with E-state index >= 15 is 0 Å². The lowest BCUT2D eigenvalue weighted by Crippen LogP contribution is -2.44. The maximum absolute atomic E-state index is 11.9. The average Bonchev–Trinajstić information content (AvgIpc) is 2.47. The number of hydrogen-bond donors (Lipinski definition) is 2. The van der Waals surface area contributed by atoms with Gasteiger partial charge in [-0.25, -0.2) is 0 Å². The van der Waals surface area contributed by atoms with Crippen molar-refractivity contribution in [2.24, 2.45) is 0 Å². The summed E-state index contributed by atoms with van der Waals surface area (Å²) in [6.07, 6.45) is 0. The first kappa shape index (κ1) is 17.5. The number of nitrogens with one attached hydrogen (secondary N) is 2. The highest BCUT2D eigenvalue weighted by atomic mass is 16.5. The van der Waals surface area contributed by atoms with Crippen LogP contribution in [0.3, 0.4) is 0 Å². The Kier molecular flexibility index (Phi) is 7.19. The van der Waals surface area contributed by atoms with Gasteiger partial charge in [0, 0.05) is 39.5 Å². The van der Waals surface area contributed by atoms with Crippen molar-refractivity contribution in [3.63, 3.8) is 0 Å². The van der Waals surface area contributed by atoms with Gasteiger partial charge in [0.2, 0.25) is 5.91 Å². The summed E-state index contributed by atoms with van der Waals surface area (Å²) < 4.78 is 4.91. The van der Waals surface area contributed by atoms with Gasteiger partial charge in [0.25, 0.3) is 0 Å². The molecule has 2 N–H and O–H groups in total. The van der Waals surface area contributed by atoms with Crippen LogP contribution in [-0.2, 0) is 9.53 Å². The Hall–Kier alpha value is -1.59. The number of anilines is 1. The first-order valence-corrected chi connectivity index (χ1v) is 7.25. The van der Waals surface area contributed by atoms with Crippen LogP contribution in [0.25, 0.3) is 0 Å². The molecule has 0 saturated heterocycles. The third-order valence-electron chi connectivity index (χ3n) is 3.41. The van der Waals surface area contributed by atoms with Crippen LogP contribution >= 0.6 is 0 Å². The van der Waals surface area contributed by atoms with Crippen LogP contribution in [0, 0.1) is 0 Å². The molecule has 0 aliphatic carbocycles. The molecule has 5 heteroatoms. The maximum Gasteiger partial charge on any atom is 0.236 e. The van der Waals surface area contributed by atoms with Gasteiger partial charge in [0.1, 0.15) is 0 Å². The summed E-state index contributed by atoms with van der Waals surface area (Å²) in [5, 5.41) is 6.14. The molecule has 1 aromatic carbocycles. The average molecular weight is 293 g/mol. The molecule has 0 saturated carbocycles. The summed E-state index contributed by atoms with van der Waals surface area (Å²) in [5.41, 5.74) is 2.33. The number of rotatable bonds is 8. The van der Waals surface area contributed by atoms with E-state index in [1.165, 1.54) is 0 Å². The largest absolute Gasteiger partial charge is 0.383 e. The minimum absolute atomic E-state index is 0.0104. The normalized spacial score (nSPS) is 13.6. The van der Waals surface area contributed by atoms with Gasteiger partial charge >= 0.3 is 0 Å². The summed E-state index contributed by atoms with van der Waals surface area (Å²) in [6, 6.07) is 8.20. The SMILES string of the molecule is COCCNC(=O)C(C)NC(C)c1ccc(N(C)C)cc1. The van der Waals surface area contributed by atoms with Crippen LogP contribution in [0.5, 0.6) is 0 Å². The molecule has 0 radical (unpaired) electrons. The number of hydrogen-bond acceptors (Lipinski definition) is 4. The molecule has 5 nitrogen and oxygen atoms in total. The van der Waals surface area contributed by atoms with E-state index in [-0.39, 0.29) is 18.0 Å². The van der Waals surface area contributed by atoms with Crippen LogP contribution in [0.4, 0.5) is 5.69 Å². The Morgan fingerprint density at radius 3 is 2.38 bits per heavy atom. The number of carbonyl (C=O) groups excluding carboxylic acids is 1. The fourth-order valence-electron chi connectivity index (χ4n) is 2.04. The summed E-state index contributed by atoms with van der Waals surface area (Å²) in [4.78, 5) is 14.0. The van der Waals surface area contributed by atoms with Crippen molar-refractivity contribution < 1.29 is 9.53 Å². The van der Waals surface area contributed by atoms with Crippen molar-refractivity contribution in [3.8, 4) is 0 Å². The van der Waals surface area contributed by atoms with E-state index in [4.69, 9.17) is 4.74 Å². The highest BCUT2D eigenvalue weighted by Gasteiger charge is 2.15. The standard InChI is InChI=1S/C16H27N3O2/c1-12(14-6-8-15(9-7-14)19(3)4)18-13(2)16(20)17-10-11-21-5/h6-9,12-13,18H,10-11H2,1-5H3,(H,17,20). The van der Waals surface area contributed by atoms with Crippen LogP contribution in [0.2, 0.25) is 0 Å². The van der Waals surface area contributed by atoms with Gasteiger partial charge in [0.15, 0.2) is 0 Å². The molecule has 2 atom stereocenters. The fraction of sp³-hybridized carbons (Fsp3) is 0.562. The monoisotopic (exact) mass is 293 g/mol. The van der Waals surface area contributed by atoms with Gasteiger partial charge in [-0.3, -0.25) is 10.1 Å². The lowest BCUT2D eigenvalue weighted by molar-refractivity contribution is -0.123. The van der Waals surface area contributed by atoms with Crippen molar-refractivity contribution in [2.45, 2.75) is 25.9 Å². The molecule has 21 heavy (non-hydrogen) atoms. The van der Waals surface area contributed by atoms with E-state index < -0.39 is 0 Å². The molecule has 1 amide bonds. The number of benzene rings is 1. The number of nitrogens with zero attached hydrogens (tertiary/aromatic N) is 1. The zero-order valence-electron chi connectivity index (χ0n) is 13.6. The highest BCUT2D eigenvalue weighted by molar-refractivity contribution is 5.81. The molecular formula is C16H27N3O2. The van der Waals surface area contributed by atoms with E-state index in [0.717, 1.165) is 11.3 Å². The topological polar surface area (TPSA) is 53.6 Å². The van der Waals surface area contributed by atoms with Gasteiger partial charge in [0.05, 0.1) is 12.6 Å². The molecule has 0 bridgehead atoms. The van der Waals surface area contributed by atoms with Crippen LogP contribution in [-0.4, -0.2) is 46.3 Å². The van der Waals surface area contributed by atoms with E-state index in [1.807, 2.05) is 21.0 Å². The minimum Gasteiger partial charge on any atom is -0.383 e. The molecule has 0 spiro atoms. The van der Waals surface area contributed by atoms with Crippen molar-refractivity contribution in [1.82, 2.24) is 10.6 Å². The predicted octanol–water partition coefficient (Wildman–Crippen LogP) is 1.55. The van der Waals surface area contributed by atoms with Gasteiger partial charge in [-0.05, 0) is 31.5 Å². The second-order valence-electron chi connectivity index (χ2n) is 5.38. The lowest BCUT2D eigenvalue weighted by atomic mass is 10.1. The number of ether oxygens (including phenoxy) is 1. The van der Waals surface area contributed by atoms with E-state index in [1.54, 1.807) is 7.11 Å². The van der Waals surface area contributed by atoms with E-state index in [0.29, 0.717) is 13.2 Å². The summed E-state index contributed by atoms with van der Waals surface area (Å²) in [5.74, 6) is -0.0104. The smallest absolute Gasteiger partial charge is 0.236 e. The molecule has 0 aliphatic heterocycles. The van der Waals surface area contributed by atoms with Gasteiger partial charge in [-0.15, -0.1) is 0 Å². The van der Waals surface area contributed by atoms with E-state index in [9.17, 15) is 4.79 Å². The fourth-order valence-corrected chi connectivity index (χ4v) is 2.04. The Morgan fingerprint density at radius 2 is 1.86 bits per heavy atom.